The highest BCUT2D eigenvalue weighted by Gasteiger charge is 2.09. The Balaban J connectivity index is 0.00000288. The molecule has 0 spiro atoms. The van der Waals surface area contributed by atoms with Crippen LogP contribution in [-0.2, 0) is 18.3 Å². The van der Waals surface area contributed by atoms with Gasteiger partial charge in [0.1, 0.15) is 18.7 Å². The molecule has 1 aliphatic rings. The van der Waals surface area contributed by atoms with Gasteiger partial charge in [-0.3, -0.25) is 9.58 Å². The second-order valence-corrected chi connectivity index (χ2v) is 5.58. The molecule has 8 nitrogen and oxygen atoms in total. The van der Waals surface area contributed by atoms with Crippen LogP contribution in [0, 0.1) is 0 Å². The minimum atomic E-state index is 0. The predicted octanol–water partition coefficient (Wildman–Crippen LogP) is 0.601. The Bertz CT molecular complexity index is 474. The van der Waals surface area contributed by atoms with Crippen LogP contribution < -0.4 is 10.6 Å². The van der Waals surface area contributed by atoms with Gasteiger partial charge >= 0.3 is 0 Å². The molecule has 2 rings (SSSR count). The molecule has 138 valence electrons. The van der Waals surface area contributed by atoms with Crippen molar-refractivity contribution in [2.24, 2.45) is 12.0 Å². The van der Waals surface area contributed by atoms with Gasteiger partial charge in [0, 0.05) is 33.2 Å². The number of nitrogens with zero attached hydrogens (tertiary/aromatic N) is 5. The van der Waals surface area contributed by atoms with E-state index < -0.39 is 0 Å². The van der Waals surface area contributed by atoms with E-state index >= 15 is 0 Å². The molecular formula is C15H30IN7O. The second-order valence-electron chi connectivity index (χ2n) is 5.58. The molecule has 1 aliphatic heterocycles. The van der Waals surface area contributed by atoms with Crippen LogP contribution >= 0.6 is 24.0 Å². The quantitative estimate of drug-likeness (QED) is 0.261. The van der Waals surface area contributed by atoms with Crippen LogP contribution in [0.25, 0.3) is 0 Å². The maximum atomic E-state index is 5.36. The lowest BCUT2D eigenvalue weighted by Crippen LogP contribution is -2.39. The van der Waals surface area contributed by atoms with Crippen molar-refractivity contribution >= 4 is 29.9 Å². The lowest BCUT2D eigenvalue weighted by Gasteiger charge is -2.26. The summed E-state index contributed by atoms with van der Waals surface area (Å²) in [6.45, 7) is 9.39. The molecule has 0 radical (unpaired) electrons. The molecule has 0 bridgehead atoms. The summed E-state index contributed by atoms with van der Waals surface area (Å²) >= 11 is 0. The highest BCUT2D eigenvalue weighted by molar-refractivity contribution is 14.0. The van der Waals surface area contributed by atoms with Crippen LogP contribution in [0.2, 0.25) is 0 Å². The number of aromatic nitrogens is 3. The molecule has 24 heavy (non-hydrogen) atoms. The van der Waals surface area contributed by atoms with Crippen LogP contribution in [0.15, 0.2) is 11.3 Å². The van der Waals surface area contributed by atoms with Gasteiger partial charge in [-0.2, -0.15) is 5.10 Å². The number of morpholine rings is 1. The molecule has 0 amide bonds. The summed E-state index contributed by atoms with van der Waals surface area (Å²) in [5.74, 6) is 1.69. The molecule has 0 unspecified atom stereocenters. The van der Waals surface area contributed by atoms with Crippen molar-refractivity contribution in [1.82, 2.24) is 30.3 Å². The third kappa shape index (κ3) is 7.75. The lowest BCUT2D eigenvalue weighted by molar-refractivity contribution is 0.0372. The average molecular weight is 451 g/mol. The van der Waals surface area contributed by atoms with E-state index in [1.165, 1.54) is 6.42 Å². The first-order valence-corrected chi connectivity index (χ1v) is 8.44. The number of hydrogen-bond acceptors (Lipinski definition) is 5. The Morgan fingerprint density at radius 3 is 2.75 bits per heavy atom. The summed E-state index contributed by atoms with van der Waals surface area (Å²) in [5.41, 5.74) is 0. The summed E-state index contributed by atoms with van der Waals surface area (Å²) in [5, 5.41) is 10.7. The largest absolute Gasteiger partial charge is 0.379 e. The normalized spacial score (nSPS) is 15.8. The monoisotopic (exact) mass is 451 g/mol. The lowest BCUT2D eigenvalue weighted by atomic mass is 10.3. The Hall–Kier alpha value is -0.940. The molecule has 2 heterocycles. The number of ether oxygens (including phenoxy) is 1. The number of aliphatic imine (C=N–C) groups is 1. The van der Waals surface area contributed by atoms with Crippen LogP contribution in [0.5, 0.6) is 0 Å². The van der Waals surface area contributed by atoms with E-state index in [-0.39, 0.29) is 24.0 Å². The zero-order chi connectivity index (χ0) is 16.3. The number of rotatable bonds is 8. The number of unbranched alkanes of at least 4 members (excludes halogenated alkanes) is 1. The molecule has 0 atom stereocenters. The van der Waals surface area contributed by atoms with Crippen molar-refractivity contribution in [1.29, 1.82) is 0 Å². The molecule has 0 saturated carbocycles. The predicted molar refractivity (Wildman–Crippen MR) is 106 cm³/mol. The van der Waals surface area contributed by atoms with Gasteiger partial charge in [0.2, 0.25) is 0 Å². The highest BCUT2D eigenvalue weighted by Crippen LogP contribution is 1.99. The summed E-state index contributed by atoms with van der Waals surface area (Å²) in [6.07, 6.45) is 3.87. The zero-order valence-electron chi connectivity index (χ0n) is 14.7. The van der Waals surface area contributed by atoms with Crippen molar-refractivity contribution in [3.63, 3.8) is 0 Å². The highest BCUT2D eigenvalue weighted by atomic mass is 127. The van der Waals surface area contributed by atoms with Gasteiger partial charge in [-0.25, -0.2) is 9.98 Å². The first-order valence-electron chi connectivity index (χ1n) is 8.44. The van der Waals surface area contributed by atoms with E-state index in [0.717, 1.165) is 64.1 Å². The number of guanidine groups is 1. The molecule has 2 N–H and O–H groups in total. The molecule has 1 aromatic heterocycles. The topological polar surface area (TPSA) is 79.6 Å². The van der Waals surface area contributed by atoms with Gasteiger partial charge in [-0.05, 0) is 26.3 Å². The fourth-order valence-electron chi connectivity index (χ4n) is 2.45. The van der Waals surface area contributed by atoms with Gasteiger partial charge < -0.3 is 15.4 Å². The summed E-state index contributed by atoms with van der Waals surface area (Å²) in [6, 6.07) is 0. The van der Waals surface area contributed by atoms with Gasteiger partial charge in [-0.1, -0.05) is 0 Å². The van der Waals surface area contributed by atoms with E-state index in [2.05, 4.69) is 37.5 Å². The van der Waals surface area contributed by atoms with Crippen molar-refractivity contribution in [3.05, 3.63) is 12.2 Å². The van der Waals surface area contributed by atoms with Crippen molar-refractivity contribution in [2.75, 3.05) is 45.9 Å². The molecule has 1 aromatic rings. The number of halogens is 1. The van der Waals surface area contributed by atoms with E-state index in [0.29, 0.717) is 6.54 Å². The second kappa shape index (κ2) is 12.4. The summed E-state index contributed by atoms with van der Waals surface area (Å²) in [7, 11) is 1.88. The first-order chi connectivity index (χ1) is 11.3. The SMILES string of the molecule is CCNC(=NCc1ncnn1C)NCCCCN1CCOCC1.I. The minimum absolute atomic E-state index is 0. The van der Waals surface area contributed by atoms with E-state index in [9.17, 15) is 0 Å². The van der Waals surface area contributed by atoms with Crippen molar-refractivity contribution < 1.29 is 4.74 Å². The zero-order valence-corrected chi connectivity index (χ0v) is 17.0. The Kier molecular flexibility index (Phi) is 10.9. The van der Waals surface area contributed by atoms with E-state index in [1.54, 1.807) is 11.0 Å². The fraction of sp³-hybridized carbons (Fsp3) is 0.800. The van der Waals surface area contributed by atoms with Gasteiger partial charge in [0.05, 0.1) is 13.2 Å². The van der Waals surface area contributed by atoms with Crippen LogP contribution in [0.1, 0.15) is 25.6 Å². The van der Waals surface area contributed by atoms with Gasteiger partial charge in [0.25, 0.3) is 0 Å². The minimum Gasteiger partial charge on any atom is -0.379 e. The van der Waals surface area contributed by atoms with Crippen LogP contribution in [-0.4, -0.2) is 71.6 Å². The van der Waals surface area contributed by atoms with Crippen molar-refractivity contribution in [2.45, 2.75) is 26.3 Å². The Morgan fingerprint density at radius 2 is 2.08 bits per heavy atom. The number of aryl methyl sites for hydroxylation is 1. The van der Waals surface area contributed by atoms with E-state index in [1.807, 2.05) is 7.05 Å². The maximum Gasteiger partial charge on any atom is 0.191 e. The van der Waals surface area contributed by atoms with Crippen LogP contribution in [0.4, 0.5) is 0 Å². The molecule has 0 aliphatic carbocycles. The third-order valence-electron chi connectivity index (χ3n) is 3.83. The molecule has 1 saturated heterocycles. The fourth-order valence-corrected chi connectivity index (χ4v) is 2.45. The van der Waals surface area contributed by atoms with Gasteiger partial charge in [-0.15, -0.1) is 24.0 Å². The standard InChI is InChI=1S/C15H29N7O.HI/c1-3-16-15(18-12-14-19-13-20-21(14)2)17-6-4-5-7-22-8-10-23-11-9-22;/h13H,3-12H2,1-2H3,(H2,16,17,18);1H. The van der Waals surface area contributed by atoms with Crippen molar-refractivity contribution in [3.8, 4) is 0 Å². The number of hydrogen-bond donors (Lipinski definition) is 2. The maximum absolute atomic E-state index is 5.36. The first kappa shape index (κ1) is 21.1. The van der Waals surface area contributed by atoms with E-state index in [4.69, 9.17) is 4.74 Å². The Labute approximate surface area is 161 Å². The smallest absolute Gasteiger partial charge is 0.191 e. The third-order valence-corrected chi connectivity index (χ3v) is 3.83. The molecule has 0 aromatic carbocycles. The molecule has 1 fully saturated rings. The molecular weight excluding hydrogens is 421 g/mol. The van der Waals surface area contributed by atoms with Gasteiger partial charge in [0.15, 0.2) is 5.96 Å². The summed E-state index contributed by atoms with van der Waals surface area (Å²) in [4.78, 5) is 11.2. The summed E-state index contributed by atoms with van der Waals surface area (Å²) < 4.78 is 7.11. The number of nitrogens with one attached hydrogen (secondary N) is 2. The average Bonchev–Trinajstić information content (AvgIpc) is 2.98. The van der Waals surface area contributed by atoms with Crippen LogP contribution in [0.3, 0.4) is 0 Å². The Morgan fingerprint density at radius 1 is 1.29 bits per heavy atom. The molecule has 9 heteroatoms.